The van der Waals surface area contributed by atoms with Crippen LogP contribution in [0.1, 0.15) is 23.4 Å². The van der Waals surface area contributed by atoms with Crippen LogP contribution in [0.5, 0.6) is 11.5 Å². The molecule has 0 spiro atoms. The van der Waals surface area contributed by atoms with Crippen LogP contribution in [0, 0.1) is 6.92 Å². The summed E-state index contributed by atoms with van der Waals surface area (Å²) in [5.74, 6) is 1.95. The molecule has 0 radical (unpaired) electrons. The maximum atomic E-state index is 12.5. The fourth-order valence-corrected chi connectivity index (χ4v) is 3.40. The van der Waals surface area contributed by atoms with E-state index in [1.165, 1.54) is 5.56 Å². The minimum atomic E-state index is -0.0960. The number of aryl methyl sites for hydroxylation is 2. The van der Waals surface area contributed by atoms with E-state index in [0.717, 1.165) is 16.8 Å². The Morgan fingerprint density at radius 3 is 2.56 bits per heavy atom. The van der Waals surface area contributed by atoms with Crippen LogP contribution in [0.15, 0.2) is 54.6 Å². The number of hydrogen-bond acceptors (Lipinski definition) is 6. The number of methoxy groups -OCH3 is 2. The van der Waals surface area contributed by atoms with Crippen LogP contribution >= 0.6 is 0 Å². The van der Waals surface area contributed by atoms with Crippen LogP contribution in [0.25, 0.3) is 16.9 Å². The van der Waals surface area contributed by atoms with Crippen molar-refractivity contribution in [2.24, 2.45) is 0 Å². The summed E-state index contributed by atoms with van der Waals surface area (Å²) in [5, 5.41) is 16.0. The number of benzene rings is 2. The average molecular weight is 431 g/mol. The van der Waals surface area contributed by atoms with E-state index in [1.54, 1.807) is 18.7 Å². The van der Waals surface area contributed by atoms with Crippen molar-refractivity contribution in [2.45, 2.75) is 26.3 Å². The lowest BCUT2D eigenvalue weighted by molar-refractivity contribution is -0.121. The summed E-state index contributed by atoms with van der Waals surface area (Å²) in [5.41, 5.74) is 4.53. The molecule has 0 aliphatic carbocycles. The summed E-state index contributed by atoms with van der Waals surface area (Å²) in [6.45, 7) is 2.39. The topological polar surface area (TPSA) is 90.6 Å². The fourth-order valence-electron chi connectivity index (χ4n) is 3.40. The Labute approximate surface area is 186 Å². The number of hydrogen-bond donors (Lipinski definition) is 1. The van der Waals surface area contributed by atoms with Gasteiger partial charge in [0.15, 0.2) is 11.5 Å². The molecule has 4 rings (SSSR count). The normalized spacial score (nSPS) is 10.8. The summed E-state index contributed by atoms with van der Waals surface area (Å²) in [6, 6.07) is 17.5. The van der Waals surface area contributed by atoms with Crippen molar-refractivity contribution in [3.63, 3.8) is 0 Å². The molecule has 0 aliphatic heterocycles. The molecule has 0 saturated heterocycles. The number of nitrogens with one attached hydrogen (secondary N) is 1. The molecule has 8 heteroatoms. The predicted molar refractivity (Wildman–Crippen MR) is 121 cm³/mol. The Morgan fingerprint density at radius 2 is 1.81 bits per heavy atom. The summed E-state index contributed by atoms with van der Waals surface area (Å²) in [6.07, 6.45) is 0.691. The molecule has 2 heterocycles. The van der Waals surface area contributed by atoms with Gasteiger partial charge in [-0.15, -0.1) is 10.2 Å². The quantitative estimate of drug-likeness (QED) is 0.460. The minimum absolute atomic E-state index is 0.0960. The number of aromatic nitrogens is 4. The largest absolute Gasteiger partial charge is 0.497 e. The van der Waals surface area contributed by atoms with E-state index in [-0.39, 0.29) is 12.3 Å². The predicted octanol–water partition coefficient (Wildman–Crippen LogP) is 3.37. The van der Waals surface area contributed by atoms with Gasteiger partial charge in [-0.2, -0.15) is 9.61 Å². The first-order valence-electron chi connectivity index (χ1n) is 10.3. The van der Waals surface area contributed by atoms with Gasteiger partial charge in [0.25, 0.3) is 0 Å². The highest BCUT2D eigenvalue weighted by Gasteiger charge is 2.12. The molecule has 32 heavy (non-hydrogen) atoms. The molecule has 0 atom stereocenters. The highest BCUT2D eigenvalue weighted by Crippen LogP contribution is 2.24. The van der Waals surface area contributed by atoms with Crippen LogP contribution in [-0.4, -0.2) is 39.9 Å². The molecule has 8 nitrogen and oxygen atoms in total. The zero-order valence-corrected chi connectivity index (χ0v) is 18.3. The van der Waals surface area contributed by atoms with Gasteiger partial charge in [-0.05, 0) is 37.3 Å². The van der Waals surface area contributed by atoms with Gasteiger partial charge in [0.2, 0.25) is 5.91 Å². The monoisotopic (exact) mass is 431 g/mol. The van der Waals surface area contributed by atoms with Crippen molar-refractivity contribution in [1.82, 2.24) is 25.1 Å². The maximum Gasteiger partial charge on any atom is 0.220 e. The average Bonchev–Trinajstić information content (AvgIpc) is 3.23. The van der Waals surface area contributed by atoms with Gasteiger partial charge in [0, 0.05) is 30.5 Å². The third-order valence-electron chi connectivity index (χ3n) is 5.21. The number of nitrogens with zero attached hydrogens (tertiary/aromatic N) is 4. The van der Waals surface area contributed by atoms with Crippen LogP contribution < -0.4 is 14.8 Å². The Morgan fingerprint density at radius 1 is 1.00 bits per heavy atom. The molecule has 4 aromatic rings. The lowest BCUT2D eigenvalue weighted by atomic mass is 10.1. The van der Waals surface area contributed by atoms with E-state index >= 15 is 0 Å². The van der Waals surface area contributed by atoms with Crippen molar-refractivity contribution in [3.8, 4) is 22.8 Å². The van der Waals surface area contributed by atoms with Gasteiger partial charge in [-0.25, -0.2) is 0 Å². The SMILES string of the molecule is COc1ccc(OC)c(CNC(=O)CCc2nnc3ccc(-c4ccc(C)cc4)nn23)c1. The van der Waals surface area contributed by atoms with Gasteiger partial charge in [-0.3, -0.25) is 4.79 Å². The van der Waals surface area contributed by atoms with E-state index in [9.17, 15) is 4.79 Å². The summed E-state index contributed by atoms with van der Waals surface area (Å²) in [7, 11) is 3.20. The lowest BCUT2D eigenvalue weighted by Gasteiger charge is -2.11. The van der Waals surface area contributed by atoms with E-state index in [0.29, 0.717) is 35.9 Å². The Balaban J connectivity index is 1.42. The molecule has 0 aliphatic rings. The molecule has 1 amide bonds. The maximum absolute atomic E-state index is 12.5. The fraction of sp³-hybridized carbons (Fsp3) is 0.250. The Kier molecular flexibility index (Phi) is 6.30. The number of carbonyl (C=O) groups is 1. The molecular weight excluding hydrogens is 406 g/mol. The van der Waals surface area contributed by atoms with Crippen molar-refractivity contribution in [2.75, 3.05) is 14.2 Å². The number of amides is 1. The Bertz CT molecular complexity index is 1230. The summed E-state index contributed by atoms with van der Waals surface area (Å²) >= 11 is 0. The second-order valence-electron chi connectivity index (χ2n) is 7.43. The van der Waals surface area contributed by atoms with Gasteiger partial charge in [0.1, 0.15) is 11.5 Å². The van der Waals surface area contributed by atoms with Gasteiger partial charge in [0.05, 0.1) is 19.9 Å². The third kappa shape index (κ3) is 4.69. The molecule has 0 fully saturated rings. The van der Waals surface area contributed by atoms with Crippen LogP contribution in [0.4, 0.5) is 0 Å². The molecule has 2 aromatic heterocycles. The zero-order chi connectivity index (χ0) is 22.5. The van der Waals surface area contributed by atoms with Gasteiger partial charge < -0.3 is 14.8 Å². The molecule has 0 bridgehead atoms. The Hall–Kier alpha value is -3.94. The second-order valence-corrected chi connectivity index (χ2v) is 7.43. The van der Waals surface area contributed by atoms with Crippen molar-refractivity contribution in [1.29, 1.82) is 0 Å². The van der Waals surface area contributed by atoms with Crippen molar-refractivity contribution >= 4 is 11.6 Å². The van der Waals surface area contributed by atoms with E-state index in [1.807, 2.05) is 49.4 Å². The van der Waals surface area contributed by atoms with Crippen LogP contribution in [0.3, 0.4) is 0 Å². The molecule has 0 saturated carbocycles. The molecule has 164 valence electrons. The molecular formula is C24H25N5O3. The molecule has 0 unspecified atom stereocenters. The van der Waals surface area contributed by atoms with E-state index < -0.39 is 0 Å². The lowest BCUT2D eigenvalue weighted by Crippen LogP contribution is -2.23. The molecule has 2 aromatic carbocycles. The third-order valence-corrected chi connectivity index (χ3v) is 5.21. The highest BCUT2D eigenvalue weighted by atomic mass is 16.5. The smallest absolute Gasteiger partial charge is 0.220 e. The number of rotatable bonds is 8. The standard InChI is InChI=1S/C24H25N5O3/c1-16-4-6-17(7-5-16)20-9-11-22-26-27-23(29(22)28-20)12-13-24(30)25-15-18-14-19(31-2)8-10-21(18)32-3/h4-11,14H,12-13,15H2,1-3H3,(H,25,30). The van der Waals surface area contributed by atoms with Crippen LogP contribution in [-0.2, 0) is 17.8 Å². The zero-order valence-electron chi connectivity index (χ0n) is 18.3. The second kappa shape index (κ2) is 9.47. The highest BCUT2D eigenvalue weighted by molar-refractivity contribution is 5.76. The summed E-state index contributed by atoms with van der Waals surface area (Å²) < 4.78 is 12.3. The van der Waals surface area contributed by atoms with E-state index in [2.05, 4.69) is 32.7 Å². The van der Waals surface area contributed by atoms with E-state index in [4.69, 9.17) is 9.47 Å². The first kappa shape index (κ1) is 21.3. The number of ether oxygens (including phenoxy) is 2. The number of fused-ring (bicyclic) bond motifs is 1. The first-order valence-corrected chi connectivity index (χ1v) is 10.3. The van der Waals surface area contributed by atoms with Crippen molar-refractivity contribution in [3.05, 3.63) is 71.5 Å². The minimum Gasteiger partial charge on any atom is -0.497 e. The van der Waals surface area contributed by atoms with Gasteiger partial charge in [-0.1, -0.05) is 29.8 Å². The molecule has 1 N–H and O–H groups in total. The summed E-state index contributed by atoms with van der Waals surface area (Å²) in [4.78, 5) is 12.5. The number of carbonyl (C=O) groups excluding carboxylic acids is 1. The van der Waals surface area contributed by atoms with Crippen molar-refractivity contribution < 1.29 is 14.3 Å². The van der Waals surface area contributed by atoms with Gasteiger partial charge >= 0.3 is 0 Å². The first-order chi connectivity index (χ1) is 15.6. The van der Waals surface area contributed by atoms with Crippen LogP contribution in [0.2, 0.25) is 0 Å².